The van der Waals surface area contributed by atoms with Gasteiger partial charge in [-0.15, -0.1) is 0 Å². The topological polar surface area (TPSA) is 172 Å². The van der Waals surface area contributed by atoms with Crippen molar-refractivity contribution in [1.29, 1.82) is 0 Å². The second kappa shape index (κ2) is 19.3. The molecule has 0 bridgehead atoms. The molecule has 1 amide bonds. The number of halogens is 1. The molecular formula is C48H56ClN7O7S. The van der Waals surface area contributed by atoms with Crippen LogP contribution in [-0.2, 0) is 14.8 Å². The van der Waals surface area contributed by atoms with Crippen LogP contribution >= 0.6 is 11.6 Å². The monoisotopic (exact) mass is 909 g/mol. The summed E-state index contributed by atoms with van der Waals surface area (Å²) in [7, 11) is -2.86. The third-order valence-electron chi connectivity index (χ3n) is 13.0. The Hall–Kier alpha value is -5.48. The first-order chi connectivity index (χ1) is 30.7. The molecule has 1 saturated carbocycles. The fourth-order valence-electron chi connectivity index (χ4n) is 9.29. The van der Waals surface area contributed by atoms with Crippen molar-refractivity contribution in [1.82, 2.24) is 19.6 Å². The maximum Gasteiger partial charge on any atom is 0.293 e. The fraction of sp³-hybridized carbons (Fsp3) is 0.417. The number of aromatic nitrogens is 2. The highest BCUT2D eigenvalue weighted by molar-refractivity contribution is 7.90. The van der Waals surface area contributed by atoms with E-state index in [0.717, 1.165) is 106 Å². The number of anilines is 2. The summed E-state index contributed by atoms with van der Waals surface area (Å²) in [4.78, 5) is 37.3. The van der Waals surface area contributed by atoms with Crippen LogP contribution in [0, 0.1) is 27.4 Å². The number of nitro groups is 1. The number of carbonyl (C=O) groups is 1. The highest BCUT2D eigenvalue weighted by atomic mass is 35.5. The first-order valence-corrected chi connectivity index (χ1v) is 23.9. The Balaban J connectivity index is 0.983. The Bertz CT molecular complexity index is 2630. The lowest BCUT2D eigenvalue weighted by atomic mass is 9.72. The number of piperazine rings is 1. The molecule has 16 heteroatoms. The zero-order valence-electron chi connectivity index (χ0n) is 36.6. The minimum absolute atomic E-state index is 0.0324. The molecule has 2 aromatic heterocycles. The molecule has 3 N–H and O–H groups in total. The van der Waals surface area contributed by atoms with E-state index in [0.29, 0.717) is 29.8 Å². The van der Waals surface area contributed by atoms with E-state index in [2.05, 4.69) is 55.8 Å². The normalized spacial score (nSPS) is 19.4. The number of rotatable bonds is 15. The minimum Gasteiger partial charge on any atom is -0.455 e. The average Bonchev–Trinajstić information content (AvgIpc) is 3.75. The van der Waals surface area contributed by atoms with Gasteiger partial charge in [0, 0.05) is 87.4 Å². The number of nitrogens with zero attached hydrogens (tertiary/aromatic N) is 4. The average molecular weight is 911 g/mol. The summed E-state index contributed by atoms with van der Waals surface area (Å²) >= 11 is 6.25. The number of benzene rings is 3. The van der Waals surface area contributed by atoms with Crippen molar-refractivity contribution in [2.24, 2.45) is 17.3 Å². The molecular weight excluding hydrogens is 854 g/mol. The molecule has 0 radical (unpaired) electrons. The molecule has 0 spiro atoms. The summed E-state index contributed by atoms with van der Waals surface area (Å²) in [6.45, 7) is 9.90. The Kier molecular flexibility index (Phi) is 13.6. The van der Waals surface area contributed by atoms with E-state index < -0.39 is 31.4 Å². The standard InChI is InChI=1S/C48H56ClN7O7S/c1-48(2)18-16-36(42(27-48)34-8-10-37(49)11-9-34)30-54-20-22-55(23-21-54)38-12-14-41(45(25-38)63-39-24-35-17-19-50-46(35)52-29-39)47(57)53-64(60,61)40-13-15-43(44(26-40)56(58)59)51-28-32-4-6-33(7-5-32)31-62-3/h8-15,17,19,24-26,29,32-33,51H,4-7,16,18,20-23,27-28,30-31H2,1-3H3,(H,50,52)(H,53,57)/t32-,33-. The second-order valence-corrected chi connectivity index (χ2v) is 20.3. The Morgan fingerprint density at radius 2 is 1.73 bits per heavy atom. The highest BCUT2D eigenvalue weighted by Crippen LogP contribution is 2.43. The molecule has 1 saturated heterocycles. The van der Waals surface area contributed by atoms with Crippen LogP contribution in [-0.4, -0.2) is 87.1 Å². The smallest absolute Gasteiger partial charge is 0.293 e. The van der Waals surface area contributed by atoms with Crippen LogP contribution in [0.25, 0.3) is 16.6 Å². The van der Waals surface area contributed by atoms with Crippen molar-refractivity contribution < 1.29 is 27.6 Å². The lowest BCUT2D eigenvalue weighted by Crippen LogP contribution is -2.47. The van der Waals surface area contributed by atoms with E-state index in [-0.39, 0.29) is 22.4 Å². The molecule has 3 heterocycles. The number of H-pyrrole nitrogens is 1. The lowest BCUT2D eigenvalue weighted by molar-refractivity contribution is -0.384. The molecule has 1 aliphatic heterocycles. The van der Waals surface area contributed by atoms with Crippen LogP contribution in [0.3, 0.4) is 0 Å². The maximum atomic E-state index is 14.0. The van der Waals surface area contributed by atoms with Crippen molar-refractivity contribution in [2.75, 3.05) is 63.2 Å². The Labute approximate surface area is 379 Å². The van der Waals surface area contributed by atoms with Crippen LogP contribution < -0.4 is 19.7 Å². The van der Waals surface area contributed by atoms with Crippen molar-refractivity contribution in [3.05, 3.63) is 117 Å². The number of sulfonamides is 1. The molecule has 3 aliphatic rings. The molecule has 2 fully saturated rings. The van der Waals surface area contributed by atoms with Crippen LogP contribution in [0.4, 0.5) is 17.1 Å². The van der Waals surface area contributed by atoms with Crippen LogP contribution in [0.2, 0.25) is 5.02 Å². The number of amides is 1. The summed E-state index contributed by atoms with van der Waals surface area (Å²) in [5.41, 5.74) is 5.60. The minimum atomic E-state index is -4.56. The summed E-state index contributed by atoms with van der Waals surface area (Å²) in [6, 6.07) is 20.5. The number of nitrogens with one attached hydrogen (secondary N) is 3. The number of hydrogen-bond acceptors (Lipinski definition) is 11. The largest absolute Gasteiger partial charge is 0.455 e. The maximum absolute atomic E-state index is 14.0. The third-order valence-corrected chi connectivity index (χ3v) is 14.6. The van der Waals surface area contributed by atoms with Gasteiger partial charge >= 0.3 is 0 Å². The van der Waals surface area contributed by atoms with Crippen LogP contribution in [0.15, 0.2) is 95.7 Å². The molecule has 2 aliphatic carbocycles. The zero-order chi connectivity index (χ0) is 45.0. The van der Waals surface area contributed by atoms with Gasteiger partial charge in [-0.1, -0.05) is 43.2 Å². The number of carbonyl (C=O) groups excluding carboxylic acids is 1. The molecule has 338 valence electrons. The van der Waals surface area contributed by atoms with E-state index in [9.17, 15) is 23.3 Å². The molecule has 8 rings (SSSR count). The van der Waals surface area contributed by atoms with Crippen molar-refractivity contribution in [3.8, 4) is 11.5 Å². The molecule has 3 aromatic carbocycles. The van der Waals surface area contributed by atoms with Gasteiger partial charge in [-0.2, -0.15) is 0 Å². The fourth-order valence-corrected chi connectivity index (χ4v) is 10.4. The summed E-state index contributed by atoms with van der Waals surface area (Å²) in [6.07, 6.45) is 10.5. The Morgan fingerprint density at radius 3 is 2.47 bits per heavy atom. The van der Waals surface area contributed by atoms with Gasteiger partial charge in [0.2, 0.25) is 0 Å². The van der Waals surface area contributed by atoms with Gasteiger partial charge in [0.25, 0.3) is 21.6 Å². The van der Waals surface area contributed by atoms with Crippen LogP contribution in [0.5, 0.6) is 11.5 Å². The number of hydrogen-bond donors (Lipinski definition) is 3. The number of ether oxygens (including phenoxy) is 2. The number of nitro benzene ring substituents is 1. The zero-order valence-corrected chi connectivity index (χ0v) is 38.1. The quantitative estimate of drug-likeness (QED) is 0.0675. The summed E-state index contributed by atoms with van der Waals surface area (Å²) in [5.74, 6) is 0.385. The summed E-state index contributed by atoms with van der Waals surface area (Å²) in [5, 5.41) is 16.9. The van der Waals surface area contributed by atoms with Gasteiger partial charge in [0.15, 0.2) is 0 Å². The SMILES string of the molecule is COC[C@H]1CC[C@H](CNc2ccc(S(=O)(=O)NC(=O)c3ccc(N4CCN(CC5=C(c6ccc(Cl)cc6)CC(C)(C)CC5)CC4)cc3Oc3cnc4[nH]ccc4c3)cc2[N+](=O)[O-])CC1. The lowest BCUT2D eigenvalue weighted by Gasteiger charge is -2.39. The van der Waals surface area contributed by atoms with E-state index in [4.69, 9.17) is 21.1 Å². The van der Waals surface area contributed by atoms with Gasteiger partial charge in [-0.25, -0.2) is 18.1 Å². The van der Waals surface area contributed by atoms with Crippen molar-refractivity contribution >= 4 is 61.2 Å². The van der Waals surface area contributed by atoms with Gasteiger partial charge in [0.05, 0.1) is 21.6 Å². The number of methoxy groups -OCH3 is 1. The number of fused-ring (bicyclic) bond motifs is 1. The number of aromatic amines is 1. The molecule has 5 aromatic rings. The number of allylic oxidation sites excluding steroid dienone is 1. The molecule has 64 heavy (non-hydrogen) atoms. The van der Waals surface area contributed by atoms with Gasteiger partial charge < -0.3 is 24.7 Å². The van der Waals surface area contributed by atoms with E-state index >= 15 is 0 Å². The van der Waals surface area contributed by atoms with E-state index in [1.54, 1.807) is 37.6 Å². The predicted molar refractivity (Wildman–Crippen MR) is 251 cm³/mol. The van der Waals surface area contributed by atoms with Gasteiger partial charge in [-0.3, -0.25) is 19.8 Å². The highest BCUT2D eigenvalue weighted by Gasteiger charge is 2.31. The first-order valence-electron chi connectivity index (χ1n) is 22.0. The third kappa shape index (κ3) is 10.7. The van der Waals surface area contributed by atoms with Gasteiger partial charge in [0.1, 0.15) is 22.8 Å². The molecule has 14 nitrogen and oxygen atoms in total. The van der Waals surface area contributed by atoms with Gasteiger partial charge in [-0.05, 0) is 122 Å². The molecule has 0 unspecified atom stereocenters. The van der Waals surface area contributed by atoms with E-state index in [1.165, 1.54) is 35.0 Å². The van der Waals surface area contributed by atoms with E-state index in [1.807, 2.05) is 18.2 Å². The van der Waals surface area contributed by atoms with Crippen LogP contribution in [0.1, 0.15) is 74.7 Å². The first kappa shape index (κ1) is 45.1. The predicted octanol–water partition coefficient (Wildman–Crippen LogP) is 9.69. The second-order valence-electron chi connectivity index (χ2n) is 18.2. The van der Waals surface area contributed by atoms with Crippen molar-refractivity contribution in [2.45, 2.75) is 63.7 Å². The number of pyridine rings is 1. The Morgan fingerprint density at radius 1 is 0.984 bits per heavy atom. The van der Waals surface area contributed by atoms with Crippen molar-refractivity contribution in [3.63, 3.8) is 0 Å². The summed E-state index contributed by atoms with van der Waals surface area (Å²) < 4.78 is 41.3. The molecule has 0 atom stereocenters.